The number of amides is 1. The summed E-state index contributed by atoms with van der Waals surface area (Å²) in [6, 6.07) is 18.3. The maximum absolute atomic E-state index is 13.5. The number of likely N-dealkylation sites (tertiary alicyclic amines) is 1. The third kappa shape index (κ3) is 3.20. The SMILES string of the molecule is CC1(C)Oc2ccc(C(=O)c3cccc4ccccc34)cc2[C@H](N2CCCC2=O)[C@H]1O. The van der Waals surface area contributed by atoms with Crippen molar-refractivity contribution in [2.75, 3.05) is 6.54 Å². The number of ether oxygens (including phenoxy) is 1. The summed E-state index contributed by atoms with van der Waals surface area (Å²) in [5, 5.41) is 13.0. The van der Waals surface area contributed by atoms with Crippen molar-refractivity contribution in [2.24, 2.45) is 0 Å². The van der Waals surface area contributed by atoms with Crippen LogP contribution in [0.5, 0.6) is 5.75 Å². The van der Waals surface area contributed by atoms with Crippen LogP contribution in [-0.4, -0.2) is 39.9 Å². The van der Waals surface area contributed by atoms with Gasteiger partial charge in [0.25, 0.3) is 0 Å². The Morgan fingerprint density at radius 3 is 2.65 bits per heavy atom. The van der Waals surface area contributed by atoms with Gasteiger partial charge in [0.15, 0.2) is 5.78 Å². The van der Waals surface area contributed by atoms with Gasteiger partial charge in [-0.15, -0.1) is 0 Å². The van der Waals surface area contributed by atoms with Gasteiger partial charge in [0.1, 0.15) is 17.5 Å². The Balaban J connectivity index is 1.61. The molecule has 1 amide bonds. The molecule has 5 nitrogen and oxygen atoms in total. The van der Waals surface area contributed by atoms with Gasteiger partial charge in [-0.2, -0.15) is 0 Å². The van der Waals surface area contributed by atoms with E-state index in [1.807, 2.05) is 56.3 Å². The number of aliphatic hydroxyl groups excluding tert-OH is 1. The van der Waals surface area contributed by atoms with Crippen LogP contribution in [0.15, 0.2) is 60.7 Å². The highest BCUT2D eigenvalue weighted by molar-refractivity contribution is 6.16. The van der Waals surface area contributed by atoms with Crippen molar-refractivity contribution in [2.45, 2.75) is 44.4 Å². The summed E-state index contributed by atoms with van der Waals surface area (Å²) in [4.78, 5) is 27.7. The first-order valence-corrected chi connectivity index (χ1v) is 10.7. The molecule has 0 saturated carbocycles. The van der Waals surface area contributed by atoms with Gasteiger partial charge in [-0.05, 0) is 49.2 Å². The number of carbonyl (C=O) groups is 2. The van der Waals surface area contributed by atoms with Gasteiger partial charge < -0.3 is 14.7 Å². The molecule has 5 rings (SSSR count). The second-order valence-electron chi connectivity index (χ2n) is 8.89. The fraction of sp³-hybridized carbons (Fsp3) is 0.308. The van der Waals surface area contributed by atoms with Crippen molar-refractivity contribution < 1.29 is 19.4 Å². The van der Waals surface area contributed by atoms with E-state index in [9.17, 15) is 14.7 Å². The molecule has 0 spiro atoms. The fourth-order valence-electron chi connectivity index (χ4n) is 4.79. The lowest BCUT2D eigenvalue weighted by Crippen LogP contribution is -2.53. The van der Waals surface area contributed by atoms with Crippen molar-refractivity contribution in [3.63, 3.8) is 0 Å². The Hall–Kier alpha value is -3.18. The molecule has 31 heavy (non-hydrogen) atoms. The molecule has 2 aliphatic heterocycles. The molecular weight excluding hydrogens is 390 g/mol. The Kier molecular flexibility index (Phi) is 4.59. The Bertz CT molecular complexity index is 1190. The average molecular weight is 415 g/mol. The fourth-order valence-corrected chi connectivity index (χ4v) is 4.79. The second kappa shape index (κ2) is 7.20. The smallest absolute Gasteiger partial charge is 0.223 e. The zero-order valence-corrected chi connectivity index (χ0v) is 17.7. The van der Waals surface area contributed by atoms with Gasteiger partial charge in [-0.3, -0.25) is 9.59 Å². The Labute approximate surface area is 181 Å². The van der Waals surface area contributed by atoms with Crippen LogP contribution < -0.4 is 4.74 Å². The Morgan fingerprint density at radius 2 is 1.87 bits per heavy atom. The highest BCUT2D eigenvalue weighted by atomic mass is 16.5. The van der Waals surface area contributed by atoms with Gasteiger partial charge in [-0.1, -0.05) is 42.5 Å². The molecule has 0 unspecified atom stereocenters. The molecule has 3 aromatic rings. The Morgan fingerprint density at radius 1 is 1.10 bits per heavy atom. The summed E-state index contributed by atoms with van der Waals surface area (Å²) < 4.78 is 6.07. The van der Waals surface area contributed by atoms with E-state index in [4.69, 9.17) is 4.74 Å². The first-order chi connectivity index (χ1) is 14.9. The topological polar surface area (TPSA) is 66.8 Å². The van der Waals surface area contributed by atoms with Gasteiger partial charge in [0, 0.05) is 29.7 Å². The van der Waals surface area contributed by atoms with Crippen molar-refractivity contribution in [3.05, 3.63) is 77.4 Å². The van der Waals surface area contributed by atoms with Gasteiger partial charge >= 0.3 is 0 Å². The van der Waals surface area contributed by atoms with Crippen LogP contribution in [0.3, 0.4) is 0 Å². The standard InChI is InChI=1S/C26H25NO4/c1-26(2)25(30)23(27-14-6-11-22(27)28)20-15-17(12-13-21(20)31-26)24(29)19-10-5-8-16-7-3-4-9-18(16)19/h3-5,7-10,12-13,15,23,25,30H,6,11,14H2,1-2H3/t23-,25+/m0/s1. The summed E-state index contributed by atoms with van der Waals surface area (Å²) in [6.07, 6.45) is 0.354. The molecule has 2 atom stereocenters. The third-order valence-electron chi connectivity index (χ3n) is 6.46. The van der Waals surface area contributed by atoms with Crippen LogP contribution in [0, 0.1) is 0 Å². The molecule has 5 heteroatoms. The number of hydrogen-bond donors (Lipinski definition) is 1. The van der Waals surface area contributed by atoms with Crippen molar-refractivity contribution in [1.29, 1.82) is 0 Å². The highest BCUT2D eigenvalue weighted by Crippen LogP contribution is 2.44. The maximum Gasteiger partial charge on any atom is 0.223 e. The van der Waals surface area contributed by atoms with Crippen LogP contribution in [0.4, 0.5) is 0 Å². The largest absolute Gasteiger partial charge is 0.485 e. The van der Waals surface area contributed by atoms with Crippen LogP contribution in [0.25, 0.3) is 10.8 Å². The number of hydrogen-bond acceptors (Lipinski definition) is 4. The summed E-state index contributed by atoms with van der Waals surface area (Å²) in [7, 11) is 0. The maximum atomic E-state index is 13.5. The molecule has 2 heterocycles. The normalized spacial score (nSPS) is 22.3. The lowest BCUT2D eigenvalue weighted by Gasteiger charge is -2.45. The first-order valence-electron chi connectivity index (χ1n) is 10.7. The molecule has 1 fully saturated rings. The molecule has 2 aliphatic rings. The number of aliphatic hydroxyl groups is 1. The molecule has 158 valence electrons. The summed E-state index contributed by atoms with van der Waals surface area (Å²) in [5.41, 5.74) is 0.988. The molecule has 1 saturated heterocycles. The van der Waals surface area contributed by atoms with Crippen molar-refractivity contribution in [1.82, 2.24) is 4.90 Å². The van der Waals surface area contributed by atoms with E-state index >= 15 is 0 Å². The minimum absolute atomic E-state index is 0.0264. The zero-order valence-electron chi connectivity index (χ0n) is 17.7. The predicted octanol–water partition coefficient (Wildman–Crippen LogP) is 4.27. The van der Waals surface area contributed by atoms with Crippen LogP contribution in [-0.2, 0) is 4.79 Å². The van der Waals surface area contributed by atoms with E-state index in [0.29, 0.717) is 35.4 Å². The molecule has 1 N–H and O–H groups in total. The van der Waals surface area contributed by atoms with Crippen LogP contribution >= 0.6 is 0 Å². The highest BCUT2D eigenvalue weighted by Gasteiger charge is 2.47. The predicted molar refractivity (Wildman–Crippen MR) is 118 cm³/mol. The molecule has 3 aromatic carbocycles. The van der Waals surface area contributed by atoms with Crippen molar-refractivity contribution >= 4 is 22.5 Å². The summed E-state index contributed by atoms with van der Waals surface area (Å²) in [5.74, 6) is 0.540. The van der Waals surface area contributed by atoms with Crippen LogP contribution in [0.2, 0.25) is 0 Å². The van der Waals surface area contributed by atoms with E-state index in [2.05, 4.69) is 0 Å². The van der Waals surface area contributed by atoms with E-state index in [-0.39, 0.29) is 11.7 Å². The van der Waals surface area contributed by atoms with Crippen molar-refractivity contribution in [3.8, 4) is 5.75 Å². The molecule has 0 aromatic heterocycles. The lowest BCUT2D eigenvalue weighted by atomic mass is 9.84. The first kappa shape index (κ1) is 19.8. The molecule has 0 bridgehead atoms. The number of nitrogens with zero attached hydrogens (tertiary/aromatic N) is 1. The van der Waals surface area contributed by atoms with E-state index in [1.165, 1.54) is 0 Å². The lowest BCUT2D eigenvalue weighted by molar-refractivity contribution is -0.139. The number of fused-ring (bicyclic) bond motifs is 2. The summed E-state index contributed by atoms with van der Waals surface area (Å²) >= 11 is 0. The number of carbonyl (C=O) groups excluding carboxylic acids is 2. The average Bonchev–Trinajstić information content (AvgIpc) is 3.18. The van der Waals surface area contributed by atoms with Crippen LogP contribution in [0.1, 0.15) is 54.2 Å². The molecule has 0 aliphatic carbocycles. The minimum atomic E-state index is -0.898. The monoisotopic (exact) mass is 415 g/mol. The zero-order chi connectivity index (χ0) is 21.8. The summed E-state index contributed by atoms with van der Waals surface area (Å²) in [6.45, 7) is 4.24. The second-order valence-corrected chi connectivity index (χ2v) is 8.89. The number of benzene rings is 3. The van der Waals surface area contributed by atoms with E-state index in [1.54, 1.807) is 23.1 Å². The molecule has 0 radical (unpaired) electrons. The van der Waals surface area contributed by atoms with Gasteiger partial charge in [0.2, 0.25) is 5.91 Å². The van der Waals surface area contributed by atoms with Gasteiger partial charge in [0.05, 0.1) is 6.04 Å². The number of ketones is 1. The molecular formula is C26H25NO4. The van der Waals surface area contributed by atoms with Gasteiger partial charge in [-0.25, -0.2) is 0 Å². The number of rotatable bonds is 3. The van der Waals surface area contributed by atoms with E-state index in [0.717, 1.165) is 17.2 Å². The van der Waals surface area contributed by atoms with E-state index < -0.39 is 17.7 Å². The third-order valence-corrected chi connectivity index (χ3v) is 6.46. The minimum Gasteiger partial charge on any atom is -0.485 e. The quantitative estimate of drug-likeness (QED) is 0.649.